The zero-order valence-corrected chi connectivity index (χ0v) is 13.3. The second-order valence-electron chi connectivity index (χ2n) is 4.68. The number of hydrogen-bond acceptors (Lipinski definition) is 6. The Morgan fingerprint density at radius 3 is 2.96 bits per heavy atom. The van der Waals surface area contributed by atoms with Crippen molar-refractivity contribution in [2.75, 3.05) is 0 Å². The highest BCUT2D eigenvalue weighted by atomic mass is 35.5. The van der Waals surface area contributed by atoms with Gasteiger partial charge in [0.15, 0.2) is 5.01 Å². The minimum absolute atomic E-state index is 0.0268. The van der Waals surface area contributed by atoms with E-state index in [1.165, 1.54) is 34.1 Å². The molecule has 0 saturated heterocycles. The third-order valence-electron chi connectivity index (χ3n) is 2.95. The molecule has 2 aromatic heterocycles. The Morgan fingerprint density at radius 1 is 1.43 bits per heavy atom. The molecule has 0 spiro atoms. The predicted molar refractivity (Wildman–Crippen MR) is 88.7 cm³/mol. The Balaban J connectivity index is 2.04. The highest BCUT2D eigenvalue weighted by Crippen LogP contribution is 2.26. The molecule has 0 aliphatic heterocycles. The summed E-state index contributed by atoms with van der Waals surface area (Å²) in [4.78, 5) is 26.8. The summed E-state index contributed by atoms with van der Waals surface area (Å²) >= 11 is 7.40. The summed E-state index contributed by atoms with van der Waals surface area (Å²) < 4.78 is 1.18. The summed E-state index contributed by atoms with van der Waals surface area (Å²) in [6.07, 6.45) is 1.56. The highest BCUT2D eigenvalue weighted by molar-refractivity contribution is 7.18. The molecule has 0 saturated carbocycles. The Hall–Kier alpha value is -2.58. The van der Waals surface area contributed by atoms with Crippen LogP contribution in [0.1, 0.15) is 16.3 Å². The number of rotatable bonds is 3. The van der Waals surface area contributed by atoms with Gasteiger partial charge < -0.3 is 0 Å². The molecule has 1 aromatic carbocycles. The quantitative estimate of drug-likeness (QED) is 0.535. The highest BCUT2D eigenvalue weighted by Gasteiger charge is 2.11. The molecule has 0 aliphatic rings. The van der Waals surface area contributed by atoms with E-state index in [0.29, 0.717) is 21.2 Å². The van der Waals surface area contributed by atoms with Crippen molar-refractivity contribution < 1.29 is 4.92 Å². The SMILES string of the molecule is Cc1cc(=O)n2nc(/C(Cl)=C/c3cccc([N+](=O)[O-])c3)sc2n1. The molecule has 0 unspecified atom stereocenters. The maximum Gasteiger partial charge on any atom is 0.275 e. The van der Waals surface area contributed by atoms with E-state index in [9.17, 15) is 14.9 Å². The lowest BCUT2D eigenvalue weighted by Crippen LogP contribution is -2.14. The second-order valence-corrected chi connectivity index (χ2v) is 6.04. The van der Waals surface area contributed by atoms with Crippen molar-refractivity contribution in [3.05, 3.63) is 67.1 Å². The van der Waals surface area contributed by atoms with Crippen molar-refractivity contribution in [2.24, 2.45) is 0 Å². The minimum atomic E-state index is -0.477. The summed E-state index contributed by atoms with van der Waals surface area (Å²) in [5.41, 5.74) is 0.861. The van der Waals surface area contributed by atoms with Crippen LogP contribution in [0, 0.1) is 17.0 Å². The predicted octanol–water partition coefficient (Wildman–Crippen LogP) is 3.10. The van der Waals surface area contributed by atoms with Gasteiger partial charge in [0.25, 0.3) is 11.2 Å². The van der Waals surface area contributed by atoms with Crippen molar-refractivity contribution in [1.82, 2.24) is 14.6 Å². The summed E-state index contributed by atoms with van der Waals surface area (Å²) in [5, 5.41) is 15.6. The van der Waals surface area contributed by atoms with Gasteiger partial charge in [0.1, 0.15) is 0 Å². The first-order valence-corrected chi connectivity index (χ1v) is 7.63. The molecular weight excluding hydrogens is 340 g/mol. The van der Waals surface area contributed by atoms with Crippen molar-refractivity contribution in [3.8, 4) is 0 Å². The van der Waals surface area contributed by atoms with Gasteiger partial charge in [0.05, 0.1) is 9.96 Å². The van der Waals surface area contributed by atoms with Crippen molar-refractivity contribution in [3.63, 3.8) is 0 Å². The lowest BCUT2D eigenvalue weighted by atomic mass is 10.2. The average Bonchev–Trinajstić information content (AvgIpc) is 2.92. The van der Waals surface area contributed by atoms with Crippen LogP contribution in [0.3, 0.4) is 0 Å². The first-order valence-electron chi connectivity index (χ1n) is 6.43. The topological polar surface area (TPSA) is 90.4 Å². The van der Waals surface area contributed by atoms with E-state index in [0.717, 1.165) is 0 Å². The van der Waals surface area contributed by atoms with Gasteiger partial charge in [-0.1, -0.05) is 35.1 Å². The fraction of sp³-hybridized carbons (Fsp3) is 0.0714. The molecule has 0 bridgehead atoms. The molecule has 0 fully saturated rings. The Bertz CT molecular complexity index is 1010. The van der Waals surface area contributed by atoms with Gasteiger partial charge in [-0.05, 0) is 18.6 Å². The van der Waals surface area contributed by atoms with E-state index >= 15 is 0 Å². The average molecular weight is 349 g/mol. The lowest BCUT2D eigenvalue weighted by molar-refractivity contribution is -0.384. The van der Waals surface area contributed by atoms with Crippen LogP contribution >= 0.6 is 22.9 Å². The molecule has 0 aliphatic carbocycles. The van der Waals surface area contributed by atoms with Gasteiger partial charge in [0.2, 0.25) is 4.96 Å². The molecule has 3 rings (SSSR count). The minimum Gasteiger partial charge on any atom is -0.267 e. The Morgan fingerprint density at radius 2 is 2.22 bits per heavy atom. The monoisotopic (exact) mass is 348 g/mol. The molecule has 2 heterocycles. The number of benzene rings is 1. The van der Waals surface area contributed by atoms with E-state index in [1.807, 2.05) is 0 Å². The number of hydrogen-bond donors (Lipinski definition) is 0. The summed E-state index contributed by atoms with van der Waals surface area (Å²) in [5.74, 6) is 0. The third kappa shape index (κ3) is 3.13. The maximum atomic E-state index is 11.8. The van der Waals surface area contributed by atoms with Crippen molar-refractivity contribution in [2.45, 2.75) is 6.92 Å². The number of nitro groups is 1. The third-order valence-corrected chi connectivity index (χ3v) is 4.29. The van der Waals surface area contributed by atoms with Gasteiger partial charge in [-0.15, -0.1) is 0 Å². The summed E-state index contributed by atoms with van der Waals surface area (Å²) in [6.45, 7) is 1.72. The number of nitrogens with zero attached hydrogens (tertiary/aromatic N) is 4. The lowest BCUT2D eigenvalue weighted by Gasteiger charge is -1.96. The van der Waals surface area contributed by atoms with E-state index < -0.39 is 4.92 Å². The van der Waals surface area contributed by atoms with Gasteiger partial charge in [0, 0.05) is 23.9 Å². The van der Waals surface area contributed by atoms with Crippen LogP contribution in [0.25, 0.3) is 16.1 Å². The van der Waals surface area contributed by atoms with Crippen LogP contribution in [-0.2, 0) is 0 Å². The van der Waals surface area contributed by atoms with Crippen LogP contribution in [0.5, 0.6) is 0 Å². The molecule has 23 heavy (non-hydrogen) atoms. The number of aryl methyl sites for hydroxylation is 1. The Labute approximate surface area is 138 Å². The zero-order chi connectivity index (χ0) is 16.6. The summed E-state index contributed by atoms with van der Waals surface area (Å²) in [7, 11) is 0. The fourth-order valence-corrected chi connectivity index (χ4v) is 3.09. The number of halogens is 1. The number of aromatic nitrogens is 3. The van der Waals surface area contributed by atoms with E-state index in [4.69, 9.17) is 11.6 Å². The molecule has 0 atom stereocenters. The van der Waals surface area contributed by atoms with E-state index in [-0.39, 0.29) is 16.3 Å². The fourth-order valence-electron chi connectivity index (χ4n) is 1.95. The molecule has 3 aromatic rings. The largest absolute Gasteiger partial charge is 0.275 e. The number of nitro benzene ring substituents is 1. The summed E-state index contributed by atoms with van der Waals surface area (Å²) in [6, 6.07) is 7.45. The van der Waals surface area contributed by atoms with Crippen LogP contribution in [0.4, 0.5) is 5.69 Å². The van der Waals surface area contributed by atoms with Crippen LogP contribution < -0.4 is 5.56 Å². The standard InChI is InChI=1S/C14H9ClN4O3S/c1-8-5-12(20)18-14(16-8)23-13(17-18)11(15)7-9-3-2-4-10(6-9)19(21)22/h2-7H,1H3/b11-7-. The normalized spacial score (nSPS) is 11.8. The first-order chi connectivity index (χ1) is 10.9. The maximum absolute atomic E-state index is 11.8. The van der Waals surface area contributed by atoms with Gasteiger partial charge >= 0.3 is 0 Å². The molecule has 9 heteroatoms. The van der Waals surface area contributed by atoms with Gasteiger partial charge in [-0.3, -0.25) is 14.9 Å². The van der Waals surface area contributed by atoms with Crippen LogP contribution in [0.2, 0.25) is 0 Å². The zero-order valence-electron chi connectivity index (χ0n) is 11.8. The van der Waals surface area contributed by atoms with Crippen molar-refractivity contribution >= 4 is 44.7 Å². The van der Waals surface area contributed by atoms with E-state index in [2.05, 4.69) is 10.1 Å². The molecule has 7 nitrogen and oxygen atoms in total. The molecule has 0 amide bonds. The Kier molecular flexibility index (Phi) is 3.93. The number of non-ortho nitro benzene ring substituents is 1. The first kappa shape index (κ1) is 15.3. The number of fused-ring (bicyclic) bond motifs is 1. The molecule has 0 radical (unpaired) electrons. The second kappa shape index (κ2) is 5.90. The molecule has 0 N–H and O–H groups in total. The van der Waals surface area contributed by atoms with Crippen LogP contribution in [0.15, 0.2) is 35.1 Å². The van der Waals surface area contributed by atoms with Gasteiger partial charge in [-0.2, -0.15) is 9.61 Å². The molecular formula is C14H9ClN4O3S. The van der Waals surface area contributed by atoms with Crippen LogP contribution in [-0.4, -0.2) is 19.5 Å². The molecule has 116 valence electrons. The van der Waals surface area contributed by atoms with Gasteiger partial charge in [-0.25, -0.2) is 4.98 Å². The van der Waals surface area contributed by atoms with Crippen molar-refractivity contribution in [1.29, 1.82) is 0 Å². The van der Waals surface area contributed by atoms with E-state index in [1.54, 1.807) is 25.1 Å². The smallest absolute Gasteiger partial charge is 0.267 e.